The number of nitrogens with two attached hydrogens (primary N) is 1. The third-order valence-electron chi connectivity index (χ3n) is 2.92. The standard InChI is InChI=1S/C14H12F2N2O4S2/c15-11-5-2-1-4-10(11)8-9-18(23(19)20)13-7-3-6-12(16)14(13)24(17,21)22/h1-9H,(H,19,20)(H2,17,21,22)/p-1. The highest BCUT2D eigenvalue weighted by molar-refractivity contribution is 7.89. The Morgan fingerprint density at radius 3 is 2.29 bits per heavy atom. The Kier molecular flexibility index (Phi) is 5.44. The summed E-state index contributed by atoms with van der Waals surface area (Å²) in [6.45, 7) is 0. The molecule has 24 heavy (non-hydrogen) atoms. The number of anilines is 1. The zero-order valence-electron chi connectivity index (χ0n) is 11.9. The molecular weight excluding hydrogens is 362 g/mol. The van der Waals surface area contributed by atoms with Gasteiger partial charge >= 0.3 is 0 Å². The summed E-state index contributed by atoms with van der Waals surface area (Å²) in [4.78, 5) is -0.979. The van der Waals surface area contributed by atoms with Crippen LogP contribution in [0.15, 0.2) is 53.6 Å². The lowest BCUT2D eigenvalue weighted by molar-refractivity contribution is 0.536. The van der Waals surface area contributed by atoms with Crippen LogP contribution in [0.1, 0.15) is 5.56 Å². The predicted octanol–water partition coefficient (Wildman–Crippen LogP) is 1.88. The van der Waals surface area contributed by atoms with Gasteiger partial charge in [0.2, 0.25) is 10.0 Å². The summed E-state index contributed by atoms with van der Waals surface area (Å²) < 4.78 is 73.8. The minimum Gasteiger partial charge on any atom is -0.755 e. The number of primary sulfonamides is 1. The molecule has 2 aromatic rings. The molecule has 0 spiro atoms. The molecular formula is C14H11F2N2O4S2-. The molecule has 10 heteroatoms. The van der Waals surface area contributed by atoms with E-state index in [-0.39, 0.29) is 5.56 Å². The number of sulfonamides is 1. The zero-order chi connectivity index (χ0) is 17.9. The van der Waals surface area contributed by atoms with Crippen molar-refractivity contribution >= 4 is 33.1 Å². The summed E-state index contributed by atoms with van der Waals surface area (Å²) >= 11 is -3.00. The van der Waals surface area contributed by atoms with Gasteiger partial charge in [0.25, 0.3) is 0 Å². The van der Waals surface area contributed by atoms with Gasteiger partial charge in [-0.3, -0.25) is 8.51 Å². The Balaban J connectivity index is 2.57. The molecule has 0 aliphatic carbocycles. The van der Waals surface area contributed by atoms with Gasteiger partial charge in [-0.2, -0.15) is 0 Å². The summed E-state index contributed by atoms with van der Waals surface area (Å²) in [6, 6.07) is 8.53. The number of nitrogens with zero attached hydrogens (tertiary/aromatic N) is 1. The van der Waals surface area contributed by atoms with Gasteiger partial charge in [-0.05, 0) is 24.3 Å². The van der Waals surface area contributed by atoms with Crippen LogP contribution in [-0.4, -0.2) is 17.2 Å². The average Bonchev–Trinajstić information content (AvgIpc) is 2.47. The fraction of sp³-hybridized carbons (Fsp3) is 0. The van der Waals surface area contributed by atoms with E-state index in [9.17, 15) is 26.0 Å². The number of rotatable bonds is 5. The third kappa shape index (κ3) is 4.03. The van der Waals surface area contributed by atoms with Gasteiger partial charge in [0.15, 0.2) is 0 Å². The smallest absolute Gasteiger partial charge is 0.243 e. The van der Waals surface area contributed by atoms with Crippen molar-refractivity contribution in [1.29, 1.82) is 0 Å². The molecule has 0 amide bonds. The molecule has 128 valence electrons. The molecule has 2 rings (SSSR count). The van der Waals surface area contributed by atoms with E-state index in [4.69, 9.17) is 5.14 Å². The second-order valence-corrected chi connectivity index (χ2v) is 6.84. The van der Waals surface area contributed by atoms with E-state index in [2.05, 4.69) is 0 Å². The average molecular weight is 373 g/mol. The first-order valence-electron chi connectivity index (χ1n) is 6.34. The van der Waals surface area contributed by atoms with Crippen molar-refractivity contribution in [2.45, 2.75) is 4.90 Å². The van der Waals surface area contributed by atoms with Crippen LogP contribution in [0, 0.1) is 11.6 Å². The van der Waals surface area contributed by atoms with Crippen LogP contribution < -0.4 is 9.44 Å². The Bertz CT molecular complexity index is 917. The van der Waals surface area contributed by atoms with E-state index in [1.807, 2.05) is 0 Å². The molecule has 2 aromatic carbocycles. The molecule has 0 aliphatic heterocycles. The van der Waals surface area contributed by atoms with Gasteiger partial charge in [-0.25, -0.2) is 22.3 Å². The Labute approximate surface area is 139 Å². The van der Waals surface area contributed by atoms with Gasteiger partial charge in [-0.1, -0.05) is 24.3 Å². The summed E-state index contributed by atoms with van der Waals surface area (Å²) in [7, 11) is -4.53. The maximum atomic E-state index is 13.8. The van der Waals surface area contributed by atoms with E-state index in [1.165, 1.54) is 18.2 Å². The van der Waals surface area contributed by atoms with Crippen LogP contribution in [0.4, 0.5) is 14.5 Å². The Hall–Kier alpha value is -2.14. The highest BCUT2D eigenvalue weighted by Gasteiger charge is 2.23. The van der Waals surface area contributed by atoms with Crippen molar-refractivity contribution in [2.75, 3.05) is 4.31 Å². The van der Waals surface area contributed by atoms with Gasteiger partial charge in [-0.15, -0.1) is 0 Å². The quantitative estimate of drug-likeness (QED) is 0.808. The van der Waals surface area contributed by atoms with Crippen LogP contribution in [0.3, 0.4) is 0 Å². The molecule has 2 N–H and O–H groups in total. The first-order valence-corrected chi connectivity index (χ1v) is 8.92. The molecule has 1 unspecified atom stereocenters. The lowest BCUT2D eigenvalue weighted by atomic mass is 10.2. The van der Waals surface area contributed by atoms with E-state index >= 15 is 0 Å². The molecule has 0 aromatic heterocycles. The van der Waals surface area contributed by atoms with Crippen LogP contribution in [0.5, 0.6) is 0 Å². The Morgan fingerprint density at radius 1 is 1.08 bits per heavy atom. The first kappa shape index (κ1) is 18.2. The lowest BCUT2D eigenvalue weighted by Crippen LogP contribution is -2.24. The van der Waals surface area contributed by atoms with E-state index in [0.29, 0.717) is 4.31 Å². The largest absolute Gasteiger partial charge is 0.755 e. The van der Waals surface area contributed by atoms with Crippen molar-refractivity contribution in [2.24, 2.45) is 5.14 Å². The van der Waals surface area contributed by atoms with Crippen LogP contribution >= 0.6 is 0 Å². The SMILES string of the molecule is NS(=O)(=O)c1c(F)cccc1N(C=Cc1ccccc1F)S(=O)[O-]. The fourth-order valence-corrected chi connectivity index (χ4v) is 3.25. The van der Waals surface area contributed by atoms with Crippen molar-refractivity contribution < 1.29 is 26.0 Å². The van der Waals surface area contributed by atoms with Gasteiger partial charge in [0.05, 0.1) is 17.0 Å². The van der Waals surface area contributed by atoms with Crippen molar-refractivity contribution in [1.82, 2.24) is 0 Å². The monoisotopic (exact) mass is 373 g/mol. The molecule has 0 fully saturated rings. The predicted molar refractivity (Wildman–Crippen MR) is 84.6 cm³/mol. The molecule has 0 heterocycles. The van der Waals surface area contributed by atoms with Gasteiger partial charge in [0, 0.05) is 11.8 Å². The first-order chi connectivity index (χ1) is 11.2. The van der Waals surface area contributed by atoms with Gasteiger partial charge in [0.1, 0.15) is 16.5 Å². The summed E-state index contributed by atoms with van der Waals surface area (Å²) in [5.74, 6) is -1.82. The maximum absolute atomic E-state index is 13.8. The third-order valence-corrected chi connectivity index (χ3v) is 4.54. The molecule has 0 saturated heterocycles. The minimum atomic E-state index is -4.53. The molecule has 1 atom stereocenters. The van der Waals surface area contributed by atoms with Crippen LogP contribution in [-0.2, 0) is 21.3 Å². The van der Waals surface area contributed by atoms with Crippen molar-refractivity contribution in [3.05, 3.63) is 65.9 Å². The van der Waals surface area contributed by atoms with Gasteiger partial charge < -0.3 is 4.55 Å². The van der Waals surface area contributed by atoms with E-state index < -0.39 is 43.5 Å². The number of hydrogen-bond acceptors (Lipinski definition) is 4. The normalized spacial score (nSPS) is 13.2. The van der Waals surface area contributed by atoms with E-state index in [1.54, 1.807) is 0 Å². The lowest BCUT2D eigenvalue weighted by Gasteiger charge is -2.24. The molecule has 0 saturated carbocycles. The summed E-state index contributed by atoms with van der Waals surface area (Å²) in [5, 5.41) is 4.95. The number of benzene rings is 2. The number of hydrogen-bond donors (Lipinski definition) is 1. The Morgan fingerprint density at radius 2 is 1.71 bits per heavy atom. The van der Waals surface area contributed by atoms with Crippen LogP contribution in [0.2, 0.25) is 0 Å². The second-order valence-electron chi connectivity index (χ2n) is 4.51. The molecule has 0 radical (unpaired) electrons. The van der Waals surface area contributed by atoms with E-state index in [0.717, 1.165) is 36.5 Å². The zero-order valence-corrected chi connectivity index (χ0v) is 13.6. The highest BCUT2D eigenvalue weighted by Crippen LogP contribution is 2.28. The highest BCUT2D eigenvalue weighted by atomic mass is 32.2. The molecule has 0 bridgehead atoms. The molecule has 6 nitrogen and oxygen atoms in total. The second kappa shape index (κ2) is 7.18. The summed E-state index contributed by atoms with van der Waals surface area (Å²) in [6.07, 6.45) is 1.99. The summed E-state index contributed by atoms with van der Waals surface area (Å²) in [5.41, 5.74) is -0.458. The van der Waals surface area contributed by atoms with Crippen LogP contribution in [0.25, 0.3) is 6.08 Å². The number of halogens is 2. The maximum Gasteiger partial charge on any atom is 0.243 e. The minimum absolute atomic E-state index is 0.0570. The van der Waals surface area contributed by atoms with Crippen molar-refractivity contribution in [3.63, 3.8) is 0 Å². The molecule has 0 aliphatic rings. The fourth-order valence-electron chi connectivity index (χ4n) is 1.92. The topological polar surface area (TPSA) is 104 Å². The van der Waals surface area contributed by atoms with Crippen molar-refractivity contribution in [3.8, 4) is 0 Å².